The molecule has 0 unspecified atom stereocenters. The molecule has 116 valence electrons. The molecule has 3 aromatic rings. The third-order valence-electron chi connectivity index (χ3n) is 3.33. The number of aromatic nitrogens is 2. The number of amides is 1. The summed E-state index contributed by atoms with van der Waals surface area (Å²) in [6.45, 7) is 0.269. The van der Waals surface area contributed by atoms with E-state index in [1.807, 2.05) is 12.1 Å². The zero-order valence-electron chi connectivity index (χ0n) is 12.0. The molecule has 0 radical (unpaired) electrons. The maximum Gasteiger partial charge on any atom is 0.251 e. The molecule has 1 amide bonds. The molecule has 23 heavy (non-hydrogen) atoms. The molecule has 3 rings (SSSR count). The summed E-state index contributed by atoms with van der Waals surface area (Å²) in [6, 6.07) is 12.2. The molecule has 1 heterocycles. The number of hydrogen-bond acceptors (Lipinski definition) is 2. The highest BCUT2D eigenvalue weighted by Crippen LogP contribution is 2.15. The second kappa shape index (κ2) is 6.91. The second-order valence-corrected chi connectivity index (χ2v) is 6.19. The number of nitrogens with zero attached hydrogens (tertiary/aromatic N) is 2. The minimum Gasteiger partial charge on any atom is -0.348 e. The van der Waals surface area contributed by atoms with Crippen molar-refractivity contribution in [1.29, 1.82) is 0 Å². The van der Waals surface area contributed by atoms with Crippen LogP contribution in [0.25, 0.3) is 5.69 Å². The van der Waals surface area contributed by atoms with Gasteiger partial charge in [-0.2, -0.15) is 0 Å². The van der Waals surface area contributed by atoms with E-state index >= 15 is 0 Å². The van der Waals surface area contributed by atoms with Crippen LogP contribution in [-0.2, 0) is 6.54 Å². The topological polar surface area (TPSA) is 46.9 Å². The van der Waals surface area contributed by atoms with Gasteiger partial charge >= 0.3 is 0 Å². The monoisotopic (exact) mass is 421 g/mol. The fourth-order valence-electron chi connectivity index (χ4n) is 2.19. The minimum atomic E-state index is -0.357. The van der Waals surface area contributed by atoms with Gasteiger partial charge in [-0.3, -0.25) is 4.79 Å². The third-order valence-corrected chi connectivity index (χ3v) is 4.01. The Morgan fingerprint density at radius 2 is 2.13 bits per heavy atom. The van der Waals surface area contributed by atoms with Crippen LogP contribution < -0.4 is 5.32 Å². The van der Waals surface area contributed by atoms with E-state index in [4.69, 9.17) is 0 Å². The third kappa shape index (κ3) is 3.76. The van der Waals surface area contributed by atoms with Gasteiger partial charge in [-0.1, -0.05) is 12.1 Å². The molecular formula is C17H13FIN3O. The minimum absolute atomic E-state index is 0.178. The Morgan fingerprint density at radius 3 is 2.83 bits per heavy atom. The molecule has 0 spiro atoms. The average molecular weight is 421 g/mol. The van der Waals surface area contributed by atoms with Gasteiger partial charge in [-0.25, -0.2) is 9.37 Å². The summed E-state index contributed by atoms with van der Waals surface area (Å²) in [5.74, 6) is -0.536. The van der Waals surface area contributed by atoms with Crippen molar-refractivity contribution < 1.29 is 9.18 Å². The summed E-state index contributed by atoms with van der Waals surface area (Å²) in [5.41, 5.74) is 1.72. The van der Waals surface area contributed by atoms with Gasteiger partial charge in [0.1, 0.15) is 5.82 Å². The van der Waals surface area contributed by atoms with Gasteiger partial charge in [0.15, 0.2) is 0 Å². The van der Waals surface area contributed by atoms with Gasteiger partial charge < -0.3 is 9.88 Å². The highest BCUT2D eigenvalue weighted by Gasteiger charge is 2.08. The van der Waals surface area contributed by atoms with Gasteiger partial charge in [-0.15, -0.1) is 0 Å². The van der Waals surface area contributed by atoms with E-state index in [-0.39, 0.29) is 18.3 Å². The van der Waals surface area contributed by atoms with Crippen LogP contribution in [-0.4, -0.2) is 15.5 Å². The Balaban J connectivity index is 1.69. The molecule has 0 aliphatic heterocycles. The lowest BCUT2D eigenvalue weighted by atomic mass is 10.1. The highest BCUT2D eigenvalue weighted by atomic mass is 127. The van der Waals surface area contributed by atoms with Crippen molar-refractivity contribution in [3.8, 4) is 5.69 Å². The van der Waals surface area contributed by atoms with Crippen LogP contribution in [0.2, 0.25) is 0 Å². The summed E-state index contributed by atoms with van der Waals surface area (Å²) in [4.78, 5) is 16.0. The van der Waals surface area contributed by atoms with Crippen molar-refractivity contribution in [3.05, 3.63) is 81.7 Å². The van der Waals surface area contributed by atoms with E-state index in [1.54, 1.807) is 41.2 Å². The van der Waals surface area contributed by atoms with Crippen molar-refractivity contribution in [2.45, 2.75) is 6.54 Å². The van der Waals surface area contributed by atoms with Crippen molar-refractivity contribution in [3.63, 3.8) is 0 Å². The van der Waals surface area contributed by atoms with E-state index in [0.29, 0.717) is 16.8 Å². The van der Waals surface area contributed by atoms with Crippen molar-refractivity contribution in [2.24, 2.45) is 0 Å². The summed E-state index contributed by atoms with van der Waals surface area (Å²) in [7, 11) is 0. The maximum atomic E-state index is 14.2. The molecule has 0 bridgehead atoms. The molecule has 4 nitrogen and oxygen atoms in total. The SMILES string of the molecule is O=C(NCc1ccc(-n2ccnc2)c(F)c1)c1cccc(I)c1. The van der Waals surface area contributed by atoms with Gasteiger partial charge in [0.05, 0.1) is 12.0 Å². The maximum absolute atomic E-state index is 14.2. The first-order valence-corrected chi connectivity index (χ1v) is 8.02. The average Bonchev–Trinajstić information content (AvgIpc) is 3.07. The van der Waals surface area contributed by atoms with E-state index < -0.39 is 0 Å². The van der Waals surface area contributed by atoms with Crippen LogP contribution in [0, 0.1) is 9.39 Å². The predicted octanol–water partition coefficient (Wildman–Crippen LogP) is 3.55. The zero-order chi connectivity index (χ0) is 16.2. The molecule has 0 atom stereocenters. The quantitative estimate of drug-likeness (QED) is 0.656. The standard InChI is InChI=1S/C17H13FIN3O/c18-15-8-12(4-5-16(15)22-7-6-20-11-22)10-21-17(23)13-2-1-3-14(19)9-13/h1-9,11H,10H2,(H,21,23). The Hall–Kier alpha value is -2.22. The molecule has 0 saturated carbocycles. The highest BCUT2D eigenvalue weighted by molar-refractivity contribution is 14.1. The molecular weight excluding hydrogens is 408 g/mol. The number of nitrogens with one attached hydrogen (secondary N) is 1. The van der Waals surface area contributed by atoms with Crippen LogP contribution in [0.1, 0.15) is 15.9 Å². The van der Waals surface area contributed by atoms with E-state index in [2.05, 4.69) is 32.9 Å². The second-order valence-electron chi connectivity index (χ2n) is 4.95. The zero-order valence-corrected chi connectivity index (χ0v) is 14.2. The lowest BCUT2D eigenvalue weighted by molar-refractivity contribution is 0.0951. The van der Waals surface area contributed by atoms with Crippen molar-refractivity contribution >= 4 is 28.5 Å². The molecule has 2 aromatic carbocycles. The largest absolute Gasteiger partial charge is 0.348 e. The summed E-state index contributed by atoms with van der Waals surface area (Å²) < 4.78 is 16.7. The van der Waals surface area contributed by atoms with Gasteiger partial charge in [0.25, 0.3) is 5.91 Å². The van der Waals surface area contributed by atoms with Crippen LogP contribution in [0.15, 0.2) is 61.2 Å². The predicted molar refractivity (Wildman–Crippen MR) is 93.9 cm³/mol. The Labute approximate surface area is 146 Å². The van der Waals surface area contributed by atoms with Crippen LogP contribution in [0.5, 0.6) is 0 Å². The van der Waals surface area contributed by atoms with Gasteiger partial charge in [0, 0.05) is 28.1 Å². The van der Waals surface area contributed by atoms with Crippen molar-refractivity contribution in [2.75, 3.05) is 0 Å². The molecule has 0 fully saturated rings. The van der Waals surface area contributed by atoms with Gasteiger partial charge in [-0.05, 0) is 58.5 Å². The van der Waals surface area contributed by atoms with E-state index in [1.165, 1.54) is 12.4 Å². The van der Waals surface area contributed by atoms with Crippen LogP contribution >= 0.6 is 22.6 Å². The molecule has 1 aromatic heterocycles. The Bertz CT molecular complexity index is 834. The first kappa shape index (κ1) is 15.7. The number of imidazole rings is 1. The summed E-state index contributed by atoms with van der Waals surface area (Å²) >= 11 is 2.15. The van der Waals surface area contributed by atoms with Crippen LogP contribution in [0.4, 0.5) is 4.39 Å². The number of rotatable bonds is 4. The Morgan fingerprint density at radius 1 is 1.26 bits per heavy atom. The number of carbonyl (C=O) groups is 1. The lowest BCUT2D eigenvalue weighted by Crippen LogP contribution is -2.22. The Kier molecular flexibility index (Phi) is 4.71. The molecule has 1 N–H and O–H groups in total. The molecule has 0 aliphatic rings. The first-order valence-electron chi connectivity index (χ1n) is 6.94. The summed E-state index contributed by atoms with van der Waals surface area (Å²) in [5, 5.41) is 2.80. The smallest absolute Gasteiger partial charge is 0.251 e. The molecule has 6 heteroatoms. The summed E-state index contributed by atoms with van der Waals surface area (Å²) in [6.07, 6.45) is 4.81. The fraction of sp³-hybridized carbons (Fsp3) is 0.0588. The van der Waals surface area contributed by atoms with Crippen LogP contribution in [0.3, 0.4) is 0 Å². The van der Waals surface area contributed by atoms with E-state index in [0.717, 1.165) is 3.57 Å². The first-order chi connectivity index (χ1) is 11.1. The van der Waals surface area contributed by atoms with Crippen molar-refractivity contribution in [1.82, 2.24) is 14.9 Å². The normalized spacial score (nSPS) is 10.5. The molecule has 0 saturated heterocycles. The van der Waals surface area contributed by atoms with Gasteiger partial charge in [0.2, 0.25) is 0 Å². The number of benzene rings is 2. The number of halogens is 2. The molecule has 0 aliphatic carbocycles. The lowest BCUT2D eigenvalue weighted by Gasteiger charge is -2.08. The number of carbonyl (C=O) groups excluding carboxylic acids is 1. The number of hydrogen-bond donors (Lipinski definition) is 1. The fourth-order valence-corrected chi connectivity index (χ4v) is 2.73. The van der Waals surface area contributed by atoms with E-state index in [9.17, 15) is 9.18 Å².